The predicted molar refractivity (Wildman–Crippen MR) is 74.1 cm³/mol. The second-order valence-electron chi connectivity index (χ2n) is 3.98. The summed E-state index contributed by atoms with van der Waals surface area (Å²) in [6, 6.07) is 3.68. The number of rotatable bonds is 5. The standard InChI is InChI=1S/C12H15N5OS/c1-8-16-7-10(19-8)6-14-5-9-2-3-15-11(4-9)12(13)17-18/h2-4,7,14,18H,5-6H2,1H3,(H2,13,17). The van der Waals surface area contributed by atoms with Gasteiger partial charge in [0.25, 0.3) is 0 Å². The van der Waals surface area contributed by atoms with Crippen LogP contribution in [0, 0.1) is 6.92 Å². The highest BCUT2D eigenvalue weighted by atomic mass is 32.1. The SMILES string of the molecule is Cc1ncc(CNCc2ccnc(C(N)=NO)c2)s1. The summed E-state index contributed by atoms with van der Waals surface area (Å²) in [5, 5.41) is 15.9. The monoisotopic (exact) mass is 277 g/mol. The molecular weight excluding hydrogens is 262 g/mol. The number of nitrogens with two attached hydrogens (primary N) is 1. The lowest BCUT2D eigenvalue weighted by atomic mass is 10.2. The van der Waals surface area contributed by atoms with Crippen molar-refractivity contribution in [3.63, 3.8) is 0 Å². The Kier molecular flexibility index (Phi) is 4.43. The smallest absolute Gasteiger partial charge is 0.188 e. The third kappa shape index (κ3) is 3.73. The molecule has 0 saturated heterocycles. The van der Waals surface area contributed by atoms with Gasteiger partial charge in [-0.05, 0) is 24.6 Å². The number of aromatic nitrogens is 2. The molecule has 0 aliphatic heterocycles. The number of pyridine rings is 1. The quantitative estimate of drug-likeness (QED) is 0.330. The van der Waals surface area contributed by atoms with E-state index in [9.17, 15) is 0 Å². The summed E-state index contributed by atoms with van der Waals surface area (Å²) in [5.74, 6) is 0.0138. The summed E-state index contributed by atoms with van der Waals surface area (Å²) in [5.41, 5.74) is 6.99. The van der Waals surface area contributed by atoms with Crippen LogP contribution < -0.4 is 11.1 Å². The molecule has 0 unspecified atom stereocenters. The molecule has 2 heterocycles. The van der Waals surface area contributed by atoms with Crippen LogP contribution in [0.4, 0.5) is 0 Å². The Balaban J connectivity index is 1.92. The van der Waals surface area contributed by atoms with Crippen molar-refractivity contribution in [1.29, 1.82) is 0 Å². The van der Waals surface area contributed by atoms with Crippen molar-refractivity contribution >= 4 is 17.2 Å². The Bertz CT molecular complexity index is 581. The fraction of sp³-hybridized carbons (Fsp3) is 0.250. The zero-order chi connectivity index (χ0) is 13.7. The van der Waals surface area contributed by atoms with Crippen molar-refractivity contribution in [1.82, 2.24) is 15.3 Å². The van der Waals surface area contributed by atoms with Gasteiger partial charge in [0.1, 0.15) is 5.69 Å². The summed E-state index contributed by atoms with van der Waals surface area (Å²) < 4.78 is 0. The molecule has 0 aromatic carbocycles. The molecule has 0 saturated carbocycles. The van der Waals surface area contributed by atoms with E-state index in [1.165, 1.54) is 4.88 Å². The van der Waals surface area contributed by atoms with E-state index in [-0.39, 0.29) is 5.84 Å². The third-order valence-electron chi connectivity index (χ3n) is 2.49. The van der Waals surface area contributed by atoms with Gasteiger partial charge in [0.05, 0.1) is 5.01 Å². The first-order valence-corrected chi connectivity index (χ1v) is 6.55. The molecule has 7 heteroatoms. The molecule has 2 aromatic heterocycles. The second kappa shape index (κ2) is 6.26. The van der Waals surface area contributed by atoms with E-state index >= 15 is 0 Å². The Morgan fingerprint density at radius 3 is 3.00 bits per heavy atom. The van der Waals surface area contributed by atoms with Crippen molar-refractivity contribution in [2.45, 2.75) is 20.0 Å². The molecule has 2 aromatic rings. The van der Waals surface area contributed by atoms with Crippen LogP contribution in [-0.4, -0.2) is 21.0 Å². The van der Waals surface area contributed by atoms with Crippen LogP contribution in [0.25, 0.3) is 0 Å². The van der Waals surface area contributed by atoms with Gasteiger partial charge >= 0.3 is 0 Å². The number of nitrogens with one attached hydrogen (secondary N) is 1. The number of amidine groups is 1. The molecule has 0 spiro atoms. The minimum atomic E-state index is 0.0138. The lowest BCUT2D eigenvalue weighted by Crippen LogP contribution is -2.17. The maximum Gasteiger partial charge on any atom is 0.188 e. The predicted octanol–water partition coefficient (Wildman–Crippen LogP) is 1.23. The number of oxime groups is 1. The molecule has 2 rings (SSSR count). The molecule has 6 nitrogen and oxygen atoms in total. The van der Waals surface area contributed by atoms with Gasteiger partial charge in [0, 0.05) is 30.4 Å². The topological polar surface area (TPSA) is 96.4 Å². The van der Waals surface area contributed by atoms with E-state index < -0.39 is 0 Å². The lowest BCUT2D eigenvalue weighted by Gasteiger charge is -2.04. The second-order valence-corrected chi connectivity index (χ2v) is 5.30. The molecule has 0 aliphatic carbocycles. The Morgan fingerprint density at radius 2 is 2.32 bits per heavy atom. The summed E-state index contributed by atoms with van der Waals surface area (Å²) in [4.78, 5) is 9.42. The maximum absolute atomic E-state index is 8.61. The fourth-order valence-electron chi connectivity index (χ4n) is 1.59. The molecule has 0 amide bonds. The number of hydrogen-bond acceptors (Lipinski definition) is 6. The van der Waals surface area contributed by atoms with Crippen LogP contribution in [0.2, 0.25) is 0 Å². The van der Waals surface area contributed by atoms with E-state index in [1.807, 2.05) is 19.2 Å². The summed E-state index contributed by atoms with van der Waals surface area (Å²) >= 11 is 1.68. The maximum atomic E-state index is 8.61. The molecule has 0 aliphatic rings. The van der Waals surface area contributed by atoms with Gasteiger partial charge in [-0.25, -0.2) is 4.98 Å². The van der Waals surface area contributed by atoms with Crippen LogP contribution in [0.3, 0.4) is 0 Å². The number of thiazole rings is 1. The van der Waals surface area contributed by atoms with Crippen LogP contribution in [0.5, 0.6) is 0 Å². The minimum Gasteiger partial charge on any atom is -0.409 e. The normalized spacial score (nSPS) is 11.7. The van der Waals surface area contributed by atoms with Gasteiger partial charge in [-0.3, -0.25) is 4.98 Å². The molecule has 4 N–H and O–H groups in total. The van der Waals surface area contributed by atoms with Gasteiger partial charge in [-0.2, -0.15) is 0 Å². The Labute approximate surface area is 115 Å². The summed E-state index contributed by atoms with van der Waals surface area (Å²) in [6.07, 6.45) is 3.52. The van der Waals surface area contributed by atoms with Gasteiger partial charge in [-0.1, -0.05) is 5.16 Å². The van der Waals surface area contributed by atoms with Gasteiger partial charge < -0.3 is 16.3 Å². The average Bonchev–Trinajstić information content (AvgIpc) is 2.84. The lowest BCUT2D eigenvalue weighted by molar-refractivity contribution is 0.318. The van der Waals surface area contributed by atoms with Crippen molar-refractivity contribution in [2.24, 2.45) is 10.9 Å². The number of nitrogens with zero attached hydrogens (tertiary/aromatic N) is 3. The van der Waals surface area contributed by atoms with Gasteiger partial charge in [0.15, 0.2) is 5.84 Å². The van der Waals surface area contributed by atoms with Crippen LogP contribution in [0.1, 0.15) is 21.1 Å². The zero-order valence-corrected chi connectivity index (χ0v) is 11.3. The Morgan fingerprint density at radius 1 is 1.47 bits per heavy atom. The van der Waals surface area contributed by atoms with Gasteiger partial charge in [-0.15, -0.1) is 11.3 Å². The molecule has 0 bridgehead atoms. The van der Waals surface area contributed by atoms with Gasteiger partial charge in [0.2, 0.25) is 0 Å². The fourth-order valence-corrected chi connectivity index (χ4v) is 2.36. The summed E-state index contributed by atoms with van der Waals surface area (Å²) in [6.45, 7) is 3.44. The van der Waals surface area contributed by atoms with E-state index in [1.54, 1.807) is 23.6 Å². The minimum absolute atomic E-state index is 0.0138. The number of aryl methyl sites for hydroxylation is 1. The van der Waals surface area contributed by atoms with E-state index in [4.69, 9.17) is 10.9 Å². The molecular formula is C12H15N5OS. The molecule has 100 valence electrons. The molecule has 0 radical (unpaired) electrons. The zero-order valence-electron chi connectivity index (χ0n) is 10.5. The van der Waals surface area contributed by atoms with Crippen LogP contribution in [-0.2, 0) is 13.1 Å². The van der Waals surface area contributed by atoms with Crippen molar-refractivity contribution < 1.29 is 5.21 Å². The highest BCUT2D eigenvalue weighted by molar-refractivity contribution is 7.11. The molecule has 19 heavy (non-hydrogen) atoms. The van der Waals surface area contributed by atoms with Crippen molar-refractivity contribution in [2.75, 3.05) is 0 Å². The Hall–Kier alpha value is -1.99. The van der Waals surface area contributed by atoms with Crippen molar-refractivity contribution in [3.05, 3.63) is 45.7 Å². The van der Waals surface area contributed by atoms with Crippen molar-refractivity contribution in [3.8, 4) is 0 Å². The van der Waals surface area contributed by atoms with Crippen LogP contribution >= 0.6 is 11.3 Å². The highest BCUT2D eigenvalue weighted by Crippen LogP contribution is 2.11. The first kappa shape index (κ1) is 13.4. The number of hydrogen-bond donors (Lipinski definition) is 3. The average molecular weight is 277 g/mol. The van der Waals surface area contributed by atoms with E-state index in [2.05, 4.69) is 20.4 Å². The van der Waals surface area contributed by atoms with E-state index in [0.29, 0.717) is 12.2 Å². The first-order valence-electron chi connectivity index (χ1n) is 5.74. The molecule has 0 fully saturated rings. The molecule has 0 atom stereocenters. The summed E-state index contributed by atoms with van der Waals surface area (Å²) in [7, 11) is 0. The highest BCUT2D eigenvalue weighted by Gasteiger charge is 2.03. The van der Waals surface area contributed by atoms with Crippen LogP contribution in [0.15, 0.2) is 29.7 Å². The van der Waals surface area contributed by atoms with E-state index in [0.717, 1.165) is 17.1 Å². The largest absolute Gasteiger partial charge is 0.409 e. The first-order chi connectivity index (χ1) is 9.19. The third-order valence-corrected chi connectivity index (χ3v) is 3.40.